The second-order valence-electron chi connectivity index (χ2n) is 9.67. The Morgan fingerprint density at radius 1 is 1.08 bits per heavy atom. The van der Waals surface area contributed by atoms with Crippen molar-refractivity contribution in [2.24, 2.45) is 0 Å². The highest BCUT2D eigenvalue weighted by Crippen LogP contribution is 2.30. The quantitative estimate of drug-likeness (QED) is 0.265. The average Bonchev–Trinajstić information content (AvgIpc) is 3.30. The number of benzene rings is 2. The number of nitro groups is 1. The molecule has 1 saturated heterocycles. The molecule has 206 valence electrons. The van der Waals surface area contributed by atoms with Crippen molar-refractivity contribution in [3.05, 3.63) is 80.7 Å². The zero-order chi connectivity index (χ0) is 27.9. The van der Waals surface area contributed by atoms with Crippen LogP contribution in [0, 0.1) is 21.7 Å². The number of nitrogens with one attached hydrogen (secondary N) is 1. The van der Waals surface area contributed by atoms with Gasteiger partial charge >= 0.3 is 0 Å². The van der Waals surface area contributed by atoms with E-state index in [4.69, 9.17) is 0 Å². The van der Waals surface area contributed by atoms with Crippen LogP contribution in [0.4, 0.5) is 20.2 Å². The number of halogens is 2. The lowest BCUT2D eigenvalue weighted by Gasteiger charge is -2.34. The zero-order valence-corrected chi connectivity index (χ0v) is 21.9. The van der Waals surface area contributed by atoms with Crippen LogP contribution >= 0.6 is 0 Å². The number of hydrogen-bond acceptors (Lipinski definition) is 8. The number of H-pyrrole nitrogens is 1. The van der Waals surface area contributed by atoms with E-state index < -0.39 is 37.3 Å². The van der Waals surface area contributed by atoms with Gasteiger partial charge in [0.05, 0.1) is 27.5 Å². The molecule has 0 amide bonds. The Labute approximate surface area is 223 Å². The monoisotopic (exact) mass is 560 g/mol. The first-order chi connectivity index (χ1) is 18.5. The summed E-state index contributed by atoms with van der Waals surface area (Å²) in [5.74, 6) is -2.56. The third-order valence-corrected chi connectivity index (χ3v) is 8.96. The first kappa shape index (κ1) is 26.8. The minimum Gasteiger partial charge on any atom is -0.369 e. The SMILES string of the molecule is CN1CCN(c2ccc(C(=O)Cc3n[nH]c4c3CN(S(=O)(=O)c3cc(F)cc(F)c3)CC4)c([N+](=O)[O-])c2)CC1. The van der Waals surface area contributed by atoms with Crippen LogP contribution in [-0.2, 0) is 29.4 Å². The van der Waals surface area contributed by atoms with E-state index in [1.165, 1.54) is 12.1 Å². The van der Waals surface area contributed by atoms with Gasteiger partial charge in [0.1, 0.15) is 11.6 Å². The highest BCUT2D eigenvalue weighted by atomic mass is 32.2. The normalized spacial score (nSPS) is 16.7. The summed E-state index contributed by atoms with van der Waals surface area (Å²) in [6.07, 6.45) is -0.0452. The van der Waals surface area contributed by atoms with Crippen LogP contribution in [0.1, 0.15) is 27.3 Å². The number of aromatic nitrogens is 2. The number of anilines is 1. The fraction of sp³-hybridized carbons (Fsp3) is 0.360. The van der Waals surface area contributed by atoms with Crippen LogP contribution in [0.15, 0.2) is 41.3 Å². The molecule has 2 aliphatic rings. The van der Waals surface area contributed by atoms with E-state index in [0.29, 0.717) is 36.1 Å². The number of aromatic amines is 1. The molecule has 2 aromatic carbocycles. The lowest BCUT2D eigenvalue weighted by Crippen LogP contribution is -2.44. The first-order valence-electron chi connectivity index (χ1n) is 12.3. The molecular formula is C25H26F2N6O5S. The van der Waals surface area contributed by atoms with Crippen LogP contribution in [0.25, 0.3) is 0 Å². The van der Waals surface area contributed by atoms with Gasteiger partial charge in [-0.15, -0.1) is 0 Å². The zero-order valence-electron chi connectivity index (χ0n) is 21.1. The topological polar surface area (TPSA) is 133 Å². The minimum atomic E-state index is -4.23. The maximum Gasteiger partial charge on any atom is 0.282 e. The van der Waals surface area contributed by atoms with Gasteiger partial charge in [0.2, 0.25) is 10.0 Å². The summed E-state index contributed by atoms with van der Waals surface area (Å²) in [7, 11) is -2.23. The van der Waals surface area contributed by atoms with Gasteiger partial charge in [0, 0.05) is 74.8 Å². The second kappa shape index (κ2) is 10.4. The molecule has 0 aliphatic carbocycles. The van der Waals surface area contributed by atoms with Crippen LogP contribution in [0.3, 0.4) is 0 Å². The molecule has 1 aromatic heterocycles. The number of likely N-dealkylation sites (N-methyl/N-ethyl adjacent to an activating group) is 1. The second-order valence-corrected chi connectivity index (χ2v) is 11.6. The molecule has 1 fully saturated rings. The van der Waals surface area contributed by atoms with Gasteiger partial charge in [-0.3, -0.25) is 20.0 Å². The van der Waals surface area contributed by atoms with Crippen LogP contribution in [-0.4, -0.2) is 78.3 Å². The molecule has 11 nitrogen and oxygen atoms in total. The number of Topliss-reactive ketones (excluding diaryl/α,β-unsaturated/α-hetero) is 1. The lowest BCUT2D eigenvalue weighted by molar-refractivity contribution is -0.385. The largest absolute Gasteiger partial charge is 0.369 e. The van der Waals surface area contributed by atoms with Crippen molar-refractivity contribution in [2.75, 3.05) is 44.7 Å². The van der Waals surface area contributed by atoms with E-state index in [1.54, 1.807) is 6.07 Å². The molecule has 14 heteroatoms. The standard InChI is InChI=1S/C25H26F2N6O5S/c1-30-6-8-31(9-7-30)18-2-3-20(24(13-18)33(35)36)25(34)14-23-21-15-32(5-4-22(21)28-29-23)39(37,38)19-11-16(26)10-17(27)12-19/h2-3,10-13H,4-9,14-15H2,1H3,(H,28,29). The van der Waals surface area contributed by atoms with Crippen LogP contribution in [0.5, 0.6) is 0 Å². The Morgan fingerprint density at radius 3 is 2.44 bits per heavy atom. The van der Waals surface area contributed by atoms with E-state index in [9.17, 15) is 32.1 Å². The molecule has 0 saturated carbocycles. The summed E-state index contributed by atoms with van der Waals surface area (Å²) in [6.45, 7) is 2.94. The summed E-state index contributed by atoms with van der Waals surface area (Å²) in [6, 6.07) is 6.63. The Bertz CT molecular complexity index is 1530. The smallest absolute Gasteiger partial charge is 0.282 e. The van der Waals surface area contributed by atoms with Gasteiger partial charge < -0.3 is 9.80 Å². The Balaban J connectivity index is 1.37. The number of fused-ring (bicyclic) bond motifs is 1. The van der Waals surface area contributed by atoms with Gasteiger partial charge in [-0.1, -0.05) is 0 Å². The molecule has 5 rings (SSSR count). The van der Waals surface area contributed by atoms with Gasteiger partial charge in [-0.05, 0) is 31.3 Å². The van der Waals surface area contributed by atoms with Crippen molar-refractivity contribution in [1.29, 1.82) is 0 Å². The van der Waals surface area contributed by atoms with E-state index in [1.807, 2.05) is 11.9 Å². The van der Waals surface area contributed by atoms with Crippen molar-refractivity contribution in [1.82, 2.24) is 19.4 Å². The number of nitrogens with zero attached hydrogens (tertiary/aromatic N) is 5. The predicted molar refractivity (Wildman–Crippen MR) is 137 cm³/mol. The molecule has 3 aromatic rings. The number of nitro benzene ring substituents is 1. The van der Waals surface area contributed by atoms with Crippen molar-refractivity contribution in [2.45, 2.75) is 24.3 Å². The number of carbonyl (C=O) groups excluding carboxylic acids is 1. The van der Waals surface area contributed by atoms with E-state index in [-0.39, 0.29) is 42.9 Å². The van der Waals surface area contributed by atoms with E-state index >= 15 is 0 Å². The van der Waals surface area contributed by atoms with Gasteiger partial charge in [0.25, 0.3) is 5.69 Å². The fourth-order valence-corrected chi connectivity index (χ4v) is 6.37. The average molecular weight is 561 g/mol. The maximum atomic E-state index is 13.7. The van der Waals surface area contributed by atoms with E-state index in [2.05, 4.69) is 15.1 Å². The fourth-order valence-electron chi connectivity index (χ4n) is 4.92. The molecule has 0 atom stereocenters. The number of sulfonamides is 1. The summed E-state index contributed by atoms with van der Waals surface area (Å²) in [5, 5.41) is 18.9. The van der Waals surface area contributed by atoms with Crippen molar-refractivity contribution in [3.8, 4) is 0 Å². The van der Waals surface area contributed by atoms with Gasteiger partial charge in [-0.25, -0.2) is 17.2 Å². The number of rotatable bonds is 7. The minimum absolute atomic E-state index is 0.0439. The third-order valence-electron chi connectivity index (χ3n) is 7.13. The molecule has 1 N–H and O–H groups in total. The Morgan fingerprint density at radius 2 is 1.77 bits per heavy atom. The lowest BCUT2D eigenvalue weighted by atomic mass is 9.99. The Kier molecular flexibility index (Phi) is 7.18. The summed E-state index contributed by atoms with van der Waals surface area (Å²) < 4.78 is 54.6. The third kappa shape index (κ3) is 5.40. The molecule has 3 heterocycles. The highest BCUT2D eigenvalue weighted by molar-refractivity contribution is 7.89. The molecular weight excluding hydrogens is 534 g/mol. The van der Waals surface area contributed by atoms with E-state index in [0.717, 1.165) is 29.5 Å². The summed E-state index contributed by atoms with van der Waals surface area (Å²) in [4.78, 5) is 28.2. The number of carbonyl (C=O) groups is 1. The number of piperazine rings is 1. The summed E-state index contributed by atoms with van der Waals surface area (Å²) >= 11 is 0. The highest BCUT2D eigenvalue weighted by Gasteiger charge is 2.33. The molecule has 2 aliphatic heterocycles. The van der Waals surface area contributed by atoms with Gasteiger partial charge in [-0.2, -0.15) is 9.40 Å². The first-order valence-corrected chi connectivity index (χ1v) is 13.7. The van der Waals surface area contributed by atoms with Crippen LogP contribution < -0.4 is 4.90 Å². The number of hydrogen-bond donors (Lipinski definition) is 1. The molecule has 39 heavy (non-hydrogen) atoms. The van der Waals surface area contributed by atoms with Crippen molar-refractivity contribution >= 4 is 27.2 Å². The predicted octanol–water partition coefficient (Wildman–Crippen LogP) is 2.52. The van der Waals surface area contributed by atoms with Crippen molar-refractivity contribution in [3.63, 3.8) is 0 Å². The van der Waals surface area contributed by atoms with Crippen LogP contribution in [0.2, 0.25) is 0 Å². The summed E-state index contributed by atoms with van der Waals surface area (Å²) in [5.41, 5.74) is 1.65. The van der Waals surface area contributed by atoms with Crippen molar-refractivity contribution < 1.29 is 26.9 Å². The molecule has 0 bridgehead atoms. The molecule has 0 unspecified atom stereocenters. The van der Waals surface area contributed by atoms with Gasteiger partial charge in [0.15, 0.2) is 5.78 Å². The Hall–Kier alpha value is -3.75. The number of ketones is 1. The maximum absolute atomic E-state index is 13.7. The molecule has 0 radical (unpaired) electrons. The molecule has 0 spiro atoms.